The lowest BCUT2D eigenvalue weighted by atomic mass is 10.2. The summed E-state index contributed by atoms with van der Waals surface area (Å²) in [6, 6.07) is 20.6. The average molecular weight is 497 g/mol. The van der Waals surface area contributed by atoms with Gasteiger partial charge in [0.05, 0.1) is 23.3 Å². The van der Waals surface area contributed by atoms with Gasteiger partial charge in [0.1, 0.15) is 18.0 Å². The summed E-state index contributed by atoms with van der Waals surface area (Å²) in [4.78, 5) is 12.9. The van der Waals surface area contributed by atoms with Crippen molar-refractivity contribution in [3.8, 4) is 11.5 Å². The normalized spacial score (nSPS) is 11.2. The molecule has 0 aromatic heterocycles. The minimum absolute atomic E-state index is 0.0747. The first-order valence-electron chi connectivity index (χ1n) is 11.5. The van der Waals surface area contributed by atoms with E-state index in [0.29, 0.717) is 18.0 Å². The zero-order chi connectivity index (χ0) is 25.4. The lowest BCUT2D eigenvalue weighted by Gasteiger charge is -2.24. The van der Waals surface area contributed by atoms with Gasteiger partial charge in [-0.15, -0.1) is 0 Å². The predicted octanol–water partition coefficient (Wildman–Crippen LogP) is 4.69. The number of sulfonamides is 1. The molecule has 0 aliphatic rings. The Balaban J connectivity index is 1.77. The molecule has 35 heavy (non-hydrogen) atoms. The monoisotopic (exact) mass is 496 g/mol. The standard InChI is InChI=1S/C27H32N2O5S/c1-5-33-24-14-16-26(17-15-24)35(31,32)29(23-10-6-21(4)7-11-23)19-27(30)28-18-22-8-12-25(13-9-22)34-20(2)3/h6-17,20H,5,18-19H2,1-4H3,(H,28,30). The average Bonchev–Trinajstić information content (AvgIpc) is 2.83. The maximum Gasteiger partial charge on any atom is 0.264 e. The molecule has 0 bridgehead atoms. The Labute approximate surface area is 207 Å². The van der Waals surface area contributed by atoms with Crippen LogP contribution in [0.2, 0.25) is 0 Å². The van der Waals surface area contributed by atoms with E-state index in [1.807, 2.05) is 64.1 Å². The molecular weight excluding hydrogens is 464 g/mol. The fraction of sp³-hybridized carbons (Fsp3) is 0.296. The van der Waals surface area contributed by atoms with E-state index >= 15 is 0 Å². The van der Waals surface area contributed by atoms with Crippen LogP contribution in [0.5, 0.6) is 11.5 Å². The first-order valence-corrected chi connectivity index (χ1v) is 13.0. The van der Waals surface area contributed by atoms with Gasteiger partial charge in [0.25, 0.3) is 10.0 Å². The van der Waals surface area contributed by atoms with Crippen LogP contribution in [0.25, 0.3) is 0 Å². The van der Waals surface area contributed by atoms with Crippen LogP contribution in [-0.2, 0) is 21.4 Å². The zero-order valence-corrected chi connectivity index (χ0v) is 21.3. The number of carbonyl (C=O) groups excluding carboxylic acids is 1. The van der Waals surface area contributed by atoms with Crippen molar-refractivity contribution in [3.63, 3.8) is 0 Å². The quantitative estimate of drug-likeness (QED) is 0.416. The van der Waals surface area contributed by atoms with E-state index in [9.17, 15) is 13.2 Å². The SMILES string of the molecule is CCOc1ccc(S(=O)(=O)N(CC(=O)NCc2ccc(OC(C)C)cc2)c2ccc(C)cc2)cc1. The van der Waals surface area contributed by atoms with Crippen molar-refractivity contribution in [2.24, 2.45) is 0 Å². The lowest BCUT2D eigenvalue weighted by molar-refractivity contribution is -0.119. The van der Waals surface area contributed by atoms with Crippen molar-refractivity contribution in [3.05, 3.63) is 83.9 Å². The number of ether oxygens (including phenoxy) is 2. The number of anilines is 1. The molecule has 7 nitrogen and oxygen atoms in total. The number of rotatable bonds is 11. The summed E-state index contributed by atoms with van der Waals surface area (Å²) in [5.41, 5.74) is 2.28. The molecule has 0 spiro atoms. The van der Waals surface area contributed by atoms with E-state index in [2.05, 4.69) is 5.32 Å². The van der Waals surface area contributed by atoms with Crippen molar-refractivity contribution in [1.82, 2.24) is 5.32 Å². The predicted molar refractivity (Wildman–Crippen MR) is 137 cm³/mol. The third kappa shape index (κ3) is 7.23. The summed E-state index contributed by atoms with van der Waals surface area (Å²) in [5.74, 6) is 0.917. The Morgan fingerprint density at radius 2 is 1.51 bits per heavy atom. The molecule has 3 aromatic rings. The second kappa shape index (κ2) is 11.8. The number of hydrogen-bond donors (Lipinski definition) is 1. The van der Waals surface area contributed by atoms with E-state index in [0.717, 1.165) is 21.2 Å². The minimum atomic E-state index is -3.99. The molecule has 0 aliphatic carbocycles. The maximum atomic E-state index is 13.5. The second-order valence-corrected chi connectivity index (χ2v) is 10.2. The van der Waals surface area contributed by atoms with Gasteiger partial charge < -0.3 is 14.8 Å². The van der Waals surface area contributed by atoms with Crippen LogP contribution in [0, 0.1) is 6.92 Å². The number of nitrogens with zero attached hydrogens (tertiary/aromatic N) is 1. The van der Waals surface area contributed by atoms with Crippen LogP contribution in [0.4, 0.5) is 5.69 Å². The number of aryl methyl sites for hydroxylation is 1. The minimum Gasteiger partial charge on any atom is -0.494 e. The highest BCUT2D eigenvalue weighted by molar-refractivity contribution is 7.92. The van der Waals surface area contributed by atoms with Crippen molar-refractivity contribution in [2.45, 2.75) is 45.2 Å². The molecule has 0 saturated heterocycles. The van der Waals surface area contributed by atoms with E-state index in [1.165, 1.54) is 12.1 Å². The molecule has 3 aromatic carbocycles. The molecule has 0 heterocycles. The van der Waals surface area contributed by atoms with Gasteiger partial charge in [0.15, 0.2) is 0 Å². The second-order valence-electron chi connectivity index (χ2n) is 8.34. The number of benzene rings is 3. The molecule has 0 fully saturated rings. The Hall–Kier alpha value is -3.52. The molecule has 3 rings (SSSR count). The highest BCUT2D eigenvalue weighted by atomic mass is 32.2. The van der Waals surface area contributed by atoms with Crippen LogP contribution in [0.3, 0.4) is 0 Å². The van der Waals surface area contributed by atoms with Crippen LogP contribution in [-0.4, -0.2) is 33.6 Å². The van der Waals surface area contributed by atoms with Crippen LogP contribution in [0.1, 0.15) is 31.9 Å². The fourth-order valence-corrected chi connectivity index (χ4v) is 4.79. The van der Waals surface area contributed by atoms with Crippen molar-refractivity contribution in [1.29, 1.82) is 0 Å². The van der Waals surface area contributed by atoms with Gasteiger partial charge in [0, 0.05) is 6.54 Å². The first kappa shape index (κ1) is 26.1. The van der Waals surface area contributed by atoms with Crippen molar-refractivity contribution >= 4 is 21.6 Å². The van der Waals surface area contributed by atoms with Gasteiger partial charge in [-0.25, -0.2) is 8.42 Å². The van der Waals surface area contributed by atoms with E-state index < -0.39 is 15.9 Å². The summed E-state index contributed by atoms with van der Waals surface area (Å²) in [6.45, 7) is 8.08. The lowest BCUT2D eigenvalue weighted by Crippen LogP contribution is -2.40. The van der Waals surface area contributed by atoms with Gasteiger partial charge in [-0.3, -0.25) is 9.10 Å². The highest BCUT2D eigenvalue weighted by Crippen LogP contribution is 2.25. The van der Waals surface area contributed by atoms with E-state index in [4.69, 9.17) is 9.47 Å². The number of nitrogens with one attached hydrogen (secondary N) is 1. The third-order valence-corrected chi connectivity index (χ3v) is 6.90. The summed E-state index contributed by atoms with van der Waals surface area (Å²) >= 11 is 0. The Morgan fingerprint density at radius 3 is 2.09 bits per heavy atom. The Bertz CT molecular complexity index is 1210. The summed E-state index contributed by atoms with van der Waals surface area (Å²) in [5, 5.41) is 2.81. The van der Waals surface area contributed by atoms with Crippen LogP contribution >= 0.6 is 0 Å². The molecule has 0 aliphatic heterocycles. The number of carbonyl (C=O) groups is 1. The van der Waals surface area contributed by atoms with Gasteiger partial charge in [-0.1, -0.05) is 29.8 Å². The number of amides is 1. The molecule has 1 amide bonds. The molecule has 0 atom stereocenters. The van der Waals surface area contributed by atoms with Gasteiger partial charge in [-0.05, 0) is 81.8 Å². The Morgan fingerprint density at radius 1 is 0.914 bits per heavy atom. The first-order chi connectivity index (χ1) is 16.7. The summed E-state index contributed by atoms with van der Waals surface area (Å²) in [7, 11) is -3.99. The molecule has 0 saturated carbocycles. The van der Waals surface area contributed by atoms with Gasteiger partial charge in [-0.2, -0.15) is 0 Å². The molecule has 1 N–H and O–H groups in total. The molecule has 0 radical (unpaired) electrons. The van der Waals surface area contributed by atoms with E-state index in [1.54, 1.807) is 24.3 Å². The maximum absolute atomic E-state index is 13.5. The zero-order valence-electron chi connectivity index (χ0n) is 20.5. The van der Waals surface area contributed by atoms with Crippen LogP contribution in [0.15, 0.2) is 77.7 Å². The smallest absolute Gasteiger partial charge is 0.264 e. The Kier molecular flexibility index (Phi) is 8.76. The summed E-state index contributed by atoms with van der Waals surface area (Å²) < 4.78 is 39.2. The fourth-order valence-electron chi connectivity index (χ4n) is 3.37. The van der Waals surface area contributed by atoms with Gasteiger partial charge >= 0.3 is 0 Å². The van der Waals surface area contributed by atoms with Crippen molar-refractivity contribution < 1.29 is 22.7 Å². The molecule has 0 unspecified atom stereocenters. The molecule has 8 heteroatoms. The van der Waals surface area contributed by atoms with Crippen LogP contribution < -0.4 is 19.1 Å². The van der Waals surface area contributed by atoms with Gasteiger partial charge in [0.2, 0.25) is 5.91 Å². The van der Waals surface area contributed by atoms with Crippen molar-refractivity contribution in [2.75, 3.05) is 17.5 Å². The summed E-state index contributed by atoms with van der Waals surface area (Å²) in [6.07, 6.45) is 0.0747. The topological polar surface area (TPSA) is 84.9 Å². The largest absolute Gasteiger partial charge is 0.494 e. The van der Waals surface area contributed by atoms with E-state index in [-0.39, 0.29) is 24.1 Å². The third-order valence-electron chi connectivity index (χ3n) is 5.12. The molecular formula is C27H32N2O5S. The number of hydrogen-bond acceptors (Lipinski definition) is 5. The highest BCUT2D eigenvalue weighted by Gasteiger charge is 2.27. The molecule has 186 valence electrons.